The summed E-state index contributed by atoms with van der Waals surface area (Å²) in [5.41, 5.74) is 3.18. The molecule has 2 aromatic rings. The highest BCUT2D eigenvalue weighted by Gasteiger charge is 2.19. The fourth-order valence-electron chi connectivity index (χ4n) is 3.19. The Morgan fingerprint density at radius 3 is 2.54 bits per heavy atom. The van der Waals surface area contributed by atoms with Gasteiger partial charge in [0.15, 0.2) is 0 Å². The van der Waals surface area contributed by atoms with E-state index in [1.165, 1.54) is 11.1 Å². The Bertz CT molecular complexity index is 706. The van der Waals surface area contributed by atoms with Gasteiger partial charge in [0, 0.05) is 0 Å². The van der Waals surface area contributed by atoms with E-state index in [0.717, 1.165) is 24.3 Å². The SMILES string of the molecule is CCOc1cccc(C(CCNC)Cc2cc(C(C)(C)C)ccc2F)c1. The third-order valence-corrected chi connectivity index (χ3v) is 4.76. The summed E-state index contributed by atoms with van der Waals surface area (Å²) in [5.74, 6) is 1.00. The van der Waals surface area contributed by atoms with Crippen LogP contribution < -0.4 is 10.1 Å². The molecule has 0 aliphatic heterocycles. The Kier molecular flexibility index (Phi) is 7.22. The van der Waals surface area contributed by atoms with E-state index in [9.17, 15) is 4.39 Å². The van der Waals surface area contributed by atoms with Crippen LogP contribution in [0, 0.1) is 5.82 Å². The highest BCUT2D eigenvalue weighted by molar-refractivity contribution is 5.35. The van der Waals surface area contributed by atoms with E-state index in [0.29, 0.717) is 13.0 Å². The van der Waals surface area contributed by atoms with Crippen molar-refractivity contribution in [2.24, 2.45) is 0 Å². The number of benzene rings is 2. The van der Waals surface area contributed by atoms with E-state index in [1.54, 1.807) is 6.07 Å². The minimum absolute atomic E-state index is 0.0117. The lowest BCUT2D eigenvalue weighted by Gasteiger charge is -2.22. The maximum absolute atomic E-state index is 14.5. The maximum atomic E-state index is 14.5. The molecule has 0 spiro atoms. The molecule has 2 rings (SSSR count). The van der Waals surface area contributed by atoms with Crippen LogP contribution in [0.15, 0.2) is 42.5 Å². The van der Waals surface area contributed by atoms with Gasteiger partial charge in [0.05, 0.1) is 6.61 Å². The number of hydrogen-bond acceptors (Lipinski definition) is 2. The molecule has 0 aliphatic rings. The van der Waals surface area contributed by atoms with Gasteiger partial charge >= 0.3 is 0 Å². The van der Waals surface area contributed by atoms with E-state index in [4.69, 9.17) is 4.74 Å². The van der Waals surface area contributed by atoms with Crippen molar-refractivity contribution < 1.29 is 9.13 Å². The zero-order valence-electron chi connectivity index (χ0n) is 16.7. The summed E-state index contributed by atoms with van der Waals surface area (Å²) in [6, 6.07) is 13.8. The monoisotopic (exact) mass is 357 g/mol. The average molecular weight is 358 g/mol. The van der Waals surface area contributed by atoms with E-state index in [1.807, 2.05) is 38.2 Å². The fourth-order valence-corrected chi connectivity index (χ4v) is 3.19. The topological polar surface area (TPSA) is 21.3 Å². The smallest absolute Gasteiger partial charge is 0.126 e. The summed E-state index contributed by atoms with van der Waals surface area (Å²) in [7, 11) is 1.95. The predicted octanol–water partition coefficient (Wildman–Crippen LogP) is 5.46. The molecule has 0 bridgehead atoms. The van der Waals surface area contributed by atoms with Crippen LogP contribution in [0.25, 0.3) is 0 Å². The molecule has 0 amide bonds. The molecular formula is C23H32FNO. The first-order chi connectivity index (χ1) is 12.3. The van der Waals surface area contributed by atoms with Crippen molar-refractivity contribution in [1.82, 2.24) is 5.32 Å². The van der Waals surface area contributed by atoms with E-state index in [2.05, 4.69) is 38.2 Å². The zero-order chi connectivity index (χ0) is 19.2. The second kappa shape index (κ2) is 9.18. The van der Waals surface area contributed by atoms with Crippen LogP contribution in [0.5, 0.6) is 5.75 Å². The lowest BCUT2D eigenvalue weighted by atomic mass is 9.83. The quantitative estimate of drug-likeness (QED) is 0.677. The molecule has 0 radical (unpaired) electrons. The first-order valence-electron chi connectivity index (χ1n) is 9.51. The summed E-state index contributed by atoms with van der Waals surface area (Å²) in [5, 5.41) is 3.22. The van der Waals surface area contributed by atoms with E-state index in [-0.39, 0.29) is 17.2 Å². The Hall–Kier alpha value is -1.87. The predicted molar refractivity (Wildman–Crippen MR) is 108 cm³/mol. The molecule has 26 heavy (non-hydrogen) atoms. The normalized spacial score (nSPS) is 12.8. The molecule has 1 atom stereocenters. The molecule has 3 heteroatoms. The highest BCUT2D eigenvalue weighted by Crippen LogP contribution is 2.30. The molecule has 1 N–H and O–H groups in total. The van der Waals surface area contributed by atoms with Gasteiger partial charge in [-0.1, -0.05) is 45.0 Å². The summed E-state index contributed by atoms with van der Waals surface area (Å²) in [6.07, 6.45) is 1.64. The van der Waals surface area contributed by atoms with E-state index < -0.39 is 0 Å². The van der Waals surface area contributed by atoms with E-state index >= 15 is 0 Å². The maximum Gasteiger partial charge on any atom is 0.126 e. The molecule has 2 aromatic carbocycles. The van der Waals surface area contributed by atoms with Crippen molar-refractivity contribution >= 4 is 0 Å². The Balaban J connectivity index is 2.32. The summed E-state index contributed by atoms with van der Waals surface area (Å²) in [6.45, 7) is 10.0. The highest BCUT2D eigenvalue weighted by atomic mass is 19.1. The van der Waals surface area contributed by atoms with Crippen molar-refractivity contribution in [1.29, 1.82) is 0 Å². The molecule has 0 fully saturated rings. The van der Waals surface area contributed by atoms with Crippen molar-refractivity contribution in [2.45, 2.75) is 51.9 Å². The van der Waals surface area contributed by atoms with Crippen molar-refractivity contribution in [3.05, 3.63) is 65.0 Å². The third-order valence-electron chi connectivity index (χ3n) is 4.76. The van der Waals surface area contributed by atoms with Gasteiger partial charge in [-0.2, -0.15) is 0 Å². The minimum Gasteiger partial charge on any atom is -0.494 e. The second-order valence-electron chi connectivity index (χ2n) is 7.85. The van der Waals surface area contributed by atoms with Gasteiger partial charge in [-0.05, 0) is 79.6 Å². The van der Waals surface area contributed by atoms with Gasteiger partial charge in [-0.3, -0.25) is 0 Å². The number of halogens is 1. The molecule has 0 aliphatic carbocycles. The van der Waals surface area contributed by atoms with Gasteiger partial charge in [0.1, 0.15) is 11.6 Å². The van der Waals surface area contributed by atoms with Gasteiger partial charge in [-0.25, -0.2) is 4.39 Å². The summed E-state index contributed by atoms with van der Waals surface area (Å²) >= 11 is 0. The van der Waals surface area contributed by atoms with Crippen LogP contribution in [-0.2, 0) is 11.8 Å². The van der Waals surface area contributed by atoms with Gasteiger partial charge in [0.2, 0.25) is 0 Å². The number of ether oxygens (including phenoxy) is 1. The molecule has 0 aromatic heterocycles. The van der Waals surface area contributed by atoms with Crippen LogP contribution in [-0.4, -0.2) is 20.2 Å². The second-order valence-corrected chi connectivity index (χ2v) is 7.85. The van der Waals surface area contributed by atoms with Crippen LogP contribution in [0.2, 0.25) is 0 Å². The lowest BCUT2D eigenvalue weighted by molar-refractivity contribution is 0.339. The van der Waals surface area contributed by atoms with Crippen LogP contribution in [0.1, 0.15) is 56.7 Å². The molecule has 0 heterocycles. The average Bonchev–Trinajstić information content (AvgIpc) is 2.59. The Labute approximate surface area is 157 Å². The Morgan fingerprint density at radius 2 is 1.88 bits per heavy atom. The zero-order valence-corrected chi connectivity index (χ0v) is 16.7. The Morgan fingerprint density at radius 1 is 1.12 bits per heavy atom. The van der Waals surface area contributed by atoms with Crippen LogP contribution in [0.4, 0.5) is 4.39 Å². The summed E-state index contributed by atoms with van der Waals surface area (Å²) in [4.78, 5) is 0. The molecular weight excluding hydrogens is 325 g/mol. The first-order valence-corrected chi connectivity index (χ1v) is 9.51. The molecule has 0 saturated carbocycles. The fraction of sp³-hybridized carbons (Fsp3) is 0.478. The number of hydrogen-bond donors (Lipinski definition) is 1. The first kappa shape index (κ1) is 20.4. The standard InChI is InChI=1S/C23H32FNO/c1-6-26-21-9-7-8-17(16-21)18(12-13-25-5)14-19-15-20(23(2,3)4)10-11-22(19)24/h7-11,15-16,18,25H,6,12-14H2,1-5H3. The molecule has 0 saturated heterocycles. The number of rotatable bonds is 8. The van der Waals surface area contributed by atoms with Crippen molar-refractivity contribution in [3.63, 3.8) is 0 Å². The molecule has 2 nitrogen and oxygen atoms in total. The minimum atomic E-state index is -0.117. The van der Waals surface area contributed by atoms with Gasteiger partial charge < -0.3 is 10.1 Å². The van der Waals surface area contributed by atoms with Gasteiger partial charge in [-0.15, -0.1) is 0 Å². The third kappa shape index (κ3) is 5.57. The van der Waals surface area contributed by atoms with Gasteiger partial charge in [0.25, 0.3) is 0 Å². The van der Waals surface area contributed by atoms with Crippen molar-refractivity contribution in [3.8, 4) is 5.75 Å². The van der Waals surface area contributed by atoms with Crippen LogP contribution >= 0.6 is 0 Å². The lowest BCUT2D eigenvalue weighted by Crippen LogP contribution is -2.16. The molecule has 1 unspecified atom stereocenters. The summed E-state index contributed by atoms with van der Waals surface area (Å²) < 4.78 is 20.2. The molecule has 142 valence electrons. The van der Waals surface area contributed by atoms with Crippen molar-refractivity contribution in [2.75, 3.05) is 20.2 Å². The van der Waals surface area contributed by atoms with Crippen LogP contribution in [0.3, 0.4) is 0 Å². The number of nitrogens with one attached hydrogen (secondary N) is 1. The largest absolute Gasteiger partial charge is 0.494 e.